The molecule has 86 valence electrons. The molecular weight excluding hydrogens is 190 g/mol. The van der Waals surface area contributed by atoms with Gasteiger partial charge in [0.15, 0.2) is 0 Å². The predicted molar refractivity (Wildman–Crippen MR) is 61.0 cm³/mol. The molecule has 0 aliphatic heterocycles. The molecular formula is C12H21NO2. The van der Waals surface area contributed by atoms with Gasteiger partial charge in [-0.25, -0.2) is 0 Å². The summed E-state index contributed by atoms with van der Waals surface area (Å²) in [7, 11) is 0. The first-order chi connectivity index (χ1) is 7.27. The SMILES string of the molecule is CCNC(Cc1ccco1)C(C)OCC. The van der Waals surface area contributed by atoms with Crippen molar-refractivity contribution in [2.75, 3.05) is 13.2 Å². The Kier molecular flexibility index (Phi) is 5.43. The minimum Gasteiger partial charge on any atom is -0.469 e. The molecule has 1 aromatic heterocycles. The van der Waals surface area contributed by atoms with E-state index in [4.69, 9.17) is 9.15 Å². The molecule has 0 fully saturated rings. The maximum Gasteiger partial charge on any atom is 0.105 e. The number of nitrogens with one attached hydrogen (secondary N) is 1. The van der Waals surface area contributed by atoms with E-state index in [2.05, 4.69) is 19.2 Å². The van der Waals surface area contributed by atoms with Crippen molar-refractivity contribution in [3.8, 4) is 0 Å². The molecule has 0 saturated carbocycles. The molecule has 3 heteroatoms. The molecule has 2 atom stereocenters. The van der Waals surface area contributed by atoms with Crippen molar-refractivity contribution in [3.63, 3.8) is 0 Å². The topological polar surface area (TPSA) is 34.4 Å². The highest BCUT2D eigenvalue weighted by Gasteiger charge is 2.17. The van der Waals surface area contributed by atoms with Crippen LogP contribution in [-0.2, 0) is 11.2 Å². The highest BCUT2D eigenvalue weighted by molar-refractivity contribution is 5.01. The summed E-state index contributed by atoms with van der Waals surface area (Å²) in [6.45, 7) is 7.92. The average Bonchev–Trinajstić information content (AvgIpc) is 2.70. The van der Waals surface area contributed by atoms with Gasteiger partial charge in [0.05, 0.1) is 12.4 Å². The average molecular weight is 211 g/mol. The van der Waals surface area contributed by atoms with Gasteiger partial charge in [-0.05, 0) is 32.5 Å². The normalized spacial score (nSPS) is 15.1. The van der Waals surface area contributed by atoms with E-state index in [1.54, 1.807) is 6.26 Å². The zero-order chi connectivity index (χ0) is 11.1. The highest BCUT2D eigenvalue weighted by Crippen LogP contribution is 2.09. The second kappa shape index (κ2) is 6.64. The standard InChI is InChI=1S/C12H21NO2/c1-4-13-12(10(3)14-5-2)9-11-7-6-8-15-11/h6-8,10,12-13H,4-5,9H2,1-3H3. The Morgan fingerprint density at radius 2 is 2.27 bits per heavy atom. The molecule has 1 rings (SSSR count). The van der Waals surface area contributed by atoms with Gasteiger partial charge in [-0.2, -0.15) is 0 Å². The number of hydrogen-bond donors (Lipinski definition) is 1. The Morgan fingerprint density at radius 1 is 1.47 bits per heavy atom. The number of rotatable bonds is 7. The zero-order valence-corrected chi connectivity index (χ0v) is 9.82. The van der Waals surface area contributed by atoms with Crippen LogP contribution in [-0.4, -0.2) is 25.3 Å². The minimum absolute atomic E-state index is 0.208. The molecule has 1 N–H and O–H groups in total. The molecule has 15 heavy (non-hydrogen) atoms. The zero-order valence-electron chi connectivity index (χ0n) is 9.82. The van der Waals surface area contributed by atoms with Crippen LogP contribution in [0.25, 0.3) is 0 Å². The van der Waals surface area contributed by atoms with Gasteiger partial charge in [0.2, 0.25) is 0 Å². The Hall–Kier alpha value is -0.800. The predicted octanol–water partition coefficient (Wildman–Crippen LogP) is 2.23. The first-order valence-corrected chi connectivity index (χ1v) is 5.65. The molecule has 2 unspecified atom stereocenters. The number of ether oxygens (including phenoxy) is 1. The first-order valence-electron chi connectivity index (χ1n) is 5.65. The molecule has 0 saturated heterocycles. The Bertz CT molecular complexity index is 246. The molecule has 3 nitrogen and oxygen atoms in total. The maximum atomic E-state index is 5.60. The molecule has 0 aliphatic rings. The van der Waals surface area contributed by atoms with Gasteiger partial charge in [-0.1, -0.05) is 6.92 Å². The lowest BCUT2D eigenvalue weighted by atomic mass is 10.1. The van der Waals surface area contributed by atoms with E-state index in [9.17, 15) is 0 Å². The van der Waals surface area contributed by atoms with E-state index >= 15 is 0 Å². The lowest BCUT2D eigenvalue weighted by Gasteiger charge is -2.23. The fraction of sp³-hybridized carbons (Fsp3) is 0.667. The summed E-state index contributed by atoms with van der Waals surface area (Å²) in [4.78, 5) is 0. The van der Waals surface area contributed by atoms with Gasteiger partial charge < -0.3 is 14.5 Å². The summed E-state index contributed by atoms with van der Waals surface area (Å²) >= 11 is 0. The highest BCUT2D eigenvalue weighted by atomic mass is 16.5. The number of hydrogen-bond acceptors (Lipinski definition) is 3. The second-order valence-corrected chi connectivity index (χ2v) is 3.61. The van der Waals surface area contributed by atoms with Crippen LogP contribution in [0, 0.1) is 0 Å². The van der Waals surface area contributed by atoms with Crippen LogP contribution < -0.4 is 5.32 Å². The van der Waals surface area contributed by atoms with Crippen LogP contribution in [0.5, 0.6) is 0 Å². The molecule has 0 radical (unpaired) electrons. The van der Waals surface area contributed by atoms with Crippen molar-refractivity contribution in [3.05, 3.63) is 24.2 Å². The van der Waals surface area contributed by atoms with Crippen molar-refractivity contribution < 1.29 is 9.15 Å². The van der Waals surface area contributed by atoms with Crippen molar-refractivity contribution in [2.45, 2.75) is 39.3 Å². The third-order valence-electron chi connectivity index (χ3n) is 2.46. The van der Waals surface area contributed by atoms with Crippen LogP contribution in [0.1, 0.15) is 26.5 Å². The van der Waals surface area contributed by atoms with Crippen LogP contribution >= 0.6 is 0 Å². The second-order valence-electron chi connectivity index (χ2n) is 3.61. The Morgan fingerprint density at radius 3 is 2.80 bits per heavy atom. The summed E-state index contributed by atoms with van der Waals surface area (Å²) < 4.78 is 10.9. The molecule has 0 spiro atoms. The summed E-state index contributed by atoms with van der Waals surface area (Å²) in [6.07, 6.45) is 2.80. The van der Waals surface area contributed by atoms with Gasteiger partial charge in [0, 0.05) is 19.1 Å². The molecule has 1 heterocycles. The van der Waals surface area contributed by atoms with E-state index < -0.39 is 0 Å². The minimum atomic E-state index is 0.208. The molecule has 0 aliphatic carbocycles. The third-order valence-corrected chi connectivity index (χ3v) is 2.46. The van der Waals surface area contributed by atoms with Crippen molar-refractivity contribution in [1.82, 2.24) is 5.32 Å². The number of likely N-dealkylation sites (N-methyl/N-ethyl adjacent to an activating group) is 1. The molecule has 1 aromatic rings. The van der Waals surface area contributed by atoms with Crippen LogP contribution in [0.2, 0.25) is 0 Å². The maximum absolute atomic E-state index is 5.60. The van der Waals surface area contributed by atoms with Crippen LogP contribution in [0.15, 0.2) is 22.8 Å². The molecule has 0 aromatic carbocycles. The van der Waals surface area contributed by atoms with Gasteiger partial charge in [-0.15, -0.1) is 0 Å². The summed E-state index contributed by atoms with van der Waals surface area (Å²) in [5, 5.41) is 3.42. The fourth-order valence-electron chi connectivity index (χ4n) is 1.69. The smallest absolute Gasteiger partial charge is 0.105 e. The van der Waals surface area contributed by atoms with Crippen LogP contribution in [0.4, 0.5) is 0 Å². The van der Waals surface area contributed by atoms with E-state index in [1.165, 1.54) is 0 Å². The van der Waals surface area contributed by atoms with Gasteiger partial charge in [0.1, 0.15) is 5.76 Å². The summed E-state index contributed by atoms with van der Waals surface area (Å²) in [6, 6.07) is 4.24. The van der Waals surface area contributed by atoms with Crippen molar-refractivity contribution >= 4 is 0 Å². The van der Waals surface area contributed by atoms with E-state index in [1.807, 2.05) is 19.1 Å². The summed E-state index contributed by atoms with van der Waals surface area (Å²) in [5.41, 5.74) is 0. The third kappa shape index (κ3) is 4.06. The number of furan rings is 1. The first kappa shape index (κ1) is 12.3. The lowest BCUT2D eigenvalue weighted by molar-refractivity contribution is 0.0467. The van der Waals surface area contributed by atoms with Gasteiger partial charge in [0.25, 0.3) is 0 Å². The Balaban J connectivity index is 2.49. The van der Waals surface area contributed by atoms with Crippen molar-refractivity contribution in [1.29, 1.82) is 0 Å². The van der Waals surface area contributed by atoms with E-state index in [0.29, 0.717) is 6.04 Å². The van der Waals surface area contributed by atoms with Crippen molar-refractivity contribution in [2.24, 2.45) is 0 Å². The van der Waals surface area contributed by atoms with Crippen LogP contribution in [0.3, 0.4) is 0 Å². The molecule has 0 amide bonds. The van der Waals surface area contributed by atoms with Gasteiger partial charge in [-0.3, -0.25) is 0 Å². The molecule has 0 bridgehead atoms. The van der Waals surface area contributed by atoms with E-state index in [0.717, 1.165) is 25.3 Å². The van der Waals surface area contributed by atoms with Gasteiger partial charge >= 0.3 is 0 Å². The van der Waals surface area contributed by atoms with E-state index in [-0.39, 0.29) is 6.10 Å². The Labute approximate surface area is 91.8 Å². The largest absolute Gasteiger partial charge is 0.469 e. The monoisotopic (exact) mass is 211 g/mol. The summed E-state index contributed by atoms with van der Waals surface area (Å²) in [5.74, 6) is 1.01. The fourth-order valence-corrected chi connectivity index (χ4v) is 1.69. The quantitative estimate of drug-likeness (QED) is 0.751. The lowest BCUT2D eigenvalue weighted by Crippen LogP contribution is -2.41.